The molecule has 0 bridgehead atoms. The van der Waals surface area contributed by atoms with Crippen LogP contribution in [0.1, 0.15) is 18.9 Å². The highest BCUT2D eigenvalue weighted by Gasteiger charge is 2.22. The van der Waals surface area contributed by atoms with Crippen molar-refractivity contribution in [3.8, 4) is 0 Å². The Morgan fingerprint density at radius 2 is 1.92 bits per heavy atom. The molecule has 0 fully saturated rings. The molecule has 8 heteroatoms. The average Bonchev–Trinajstić information content (AvgIpc) is 2.52. The number of amides is 2. The fourth-order valence-corrected chi connectivity index (χ4v) is 2.27. The quantitative estimate of drug-likeness (QED) is 0.617. The van der Waals surface area contributed by atoms with Gasteiger partial charge in [0.15, 0.2) is 0 Å². The normalized spacial score (nSPS) is 12.4. The number of carboxylic acid groups (broad SMARTS) is 1. The minimum absolute atomic E-state index is 0.107. The van der Waals surface area contributed by atoms with Crippen LogP contribution in [0, 0.1) is 5.82 Å². The summed E-state index contributed by atoms with van der Waals surface area (Å²) in [7, 11) is 0. The Bertz CT molecular complexity index is 631. The molecule has 1 aromatic rings. The summed E-state index contributed by atoms with van der Waals surface area (Å²) in [5.41, 5.74) is 0.385. The predicted molar refractivity (Wildman–Crippen MR) is 90.8 cm³/mol. The Hall–Kier alpha value is -2.35. The van der Waals surface area contributed by atoms with Gasteiger partial charge in [0, 0.05) is 6.92 Å². The molecular weight excluding hydrogens is 335 g/mol. The van der Waals surface area contributed by atoms with E-state index < -0.39 is 29.6 Å². The number of aliphatic carboxylic acids is 1. The molecule has 0 saturated heterocycles. The molecular formula is C16H19FN2O4S. The van der Waals surface area contributed by atoms with Gasteiger partial charge in [0.1, 0.15) is 17.6 Å². The van der Waals surface area contributed by atoms with Crippen LogP contribution in [-0.4, -0.2) is 40.9 Å². The lowest BCUT2D eigenvalue weighted by atomic mass is 10.1. The Morgan fingerprint density at radius 3 is 2.42 bits per heavy atom. The van der Waals surface area contributed by atoms with E-state index in [9.17, 15) is 18.8 Å². The van der Waals surface area contributed by atoms with Crippen molar-refractivity contribution in [3.05, 3.63) is 41.3 Å². The van der Waals surface area contributed by atoms with Crippen LogP contribution in [0.3, 0.4) is 0 Å². The summed E-state index contributed by atoms with van der Waals surface area (Å²) in [6.07, 6.45) is 3.44. The van der Waals surface area contributed by atoms with E-state index in [1.54, 1.807) is 0 Å². The van der Waals surface area contributed by atoms with Crippen LogP contribution in [0.2, 0.25) is 0 Å². The Kier molecular flexibility index (Phi) is 7.97. The van der Waals surface area contributed by atoms with Gasteiger partial charge in [0.25, 0.3) is 5.91 Å². The molecule has 0 aromatic heterocycles. The van der Waals surface area contributed by atoms with Gasteiger partial charge in [-0.25, -0.2) is 9.18 Å². The second-order valence-corrected chi connectivity index (χ2v) is 5.92. The molecule has 1 aromatic carbocycles. The third kappa shape index (κ3) is 6.82. The van der Waals surface area contributed by atoms with E-state index in [2.05, 4.69) is 10.6 Å². The summed E-state index contributed by atoms with van der Waals surface area (Å²) in [6.45, 7) is 1.23. The zero-order valence-electron chi connectivity index (χ0n) is 13.3. The van der Waals surface area contributed by atoms with E-state index in [1.165, 1.54) is 49.0 Å². The van der Waals surface area contributed by atoms with E-state index in [1.807, 2.05) is 6.26 Å². The fraction of sp³-hybridized carbons (Fsp3) is 0.312. The van der Waals surface area contributed by atoms with Gasteiger partial charge in [-0.1, -0.05) is 12.1 Å². The highest BCUT2D eigenvalue weighted by atomic mass is 32.2. The van der Waals surface area contributed by atoms with Crippen molar-refractivity contribution >= 4 is 35.6 Å². The summed E-state index contributed by atoms with van der Waals surface area (Å²) in [5.74, 6) is -2.21. The number of benzene rings is 1. The topological polar surface area (TPSA) is 95.5 Å². The lowest BCUT2D eigenvalue weighted by Gasteiger charge is -2.16. The standard InChI is InChI=1S/C16H19FN2O4S/c1-10(20)18-14(9-11-3-5-12(17)6-4-11)15(21)19-13(16(22)23)7-8-24-2/h3-6,9,13H,7-8H2,1-2H3,(H,18,20)(H,19,21)(H,22,23)/b14-9+/t13-/m0/s1. The minimum atomic E-state index is -1.15. The first-order chi connectivity index (χ1) is 11.3. The highest BCUT2D eigenvalue weighted by Crippen LogP contribution is 2.08. The van der Waals surface area contributed by atoms with Crippen molar-refractivity contribution in [3.63, 3.8) is 0 Å². The smallest absolute Gasteiger partial charge is 0.326 e. The Labute approximate surface area is 143 Å². The van der Waals surface area contributed by atoms with E-state index >= 15 is 0 Å². The summed E-state index contributed by atoms with van der Waals surface area (Å²) in [5, 5.41) is 13.9. The highest BCUT2D eigenvalue weighted by molar-refractivity contribution is 7.98. The maximum absolute atomic E-state index is 12.9. The van der Waals surface area contributed by atoms with E-state index in [0.29, 0.717) is 11.3 Å². The number of nitrogens with one attached hydrogen (secondary N) is 2. The van der Waals surface area contributed by atoms with Gasteiger partial charge in [-0.3, -0.25) is 9.59 Å². The first-order valence-corrected chi connectivity index (χ1v) is 8.50. The van der Waals surface area contributed by atoms with Gasteiger partial charge in [-0.05, 0) is 42.2 Å². The van der Waals surface area contributed by atoms with Crippen molar-refractivity contribution in [2.45, 2.75) is 19.4 Å². The monoisotopic (exact) mass is 354 g/mol. The van der Waals surface area contributed by atoms with E-state index in [4.69, 9.17) is 5.11 Å². The molecule has 0 aliphatic carbocycles. The predicted octanol–water partition coefficient (Wildman–Crippen LogP) is 1.63. The molecule has 6 nitrogen and oxygen atoms in total. The molecule has 0 radical (unpaired) electrons. The van der Waals surface area contributed by atoms with Gasteiger partial charge in [0.2, 0.25) is 5.91 Å². The van der Waals surface area contributed by atoms with E-state index in [0.717, 1.165) is 0 Å². The summed E-state index contributed by atoms with van der Waals surface area (Å²) in [4.78, 5) is 34.8. The summed E-state index contributed by atoms with van der Waals surface area (Å²) in [6, 6.07) is 4.25. The Balaban J connectivity index is 2.97. The van der Waals surface area contributed by atoms with E-state index in [-0.39, 0.29) is 12.1 Å². The molecule has 0 heterocycles. The van der Waals surface area contributed by atoms with Crippen LogP contribution in [-0.2, 0) is 14.4 Å². The van der Waals surface area contributed by atoms with Crippen LogP contribution in [0.5, 0.6) is 0 Å². The van der Waals surface area contributed by atoms with Gasteiger partial charge in [-0.15, -0.1) is 0 Å². The van der Waals surface area contributed by atoms with Gasteiger partial charge >= 0.3 is 5.97 Å². The molecule has 0 unspecified atom stereocenters. The second-order valence-electron chi connectivity index (χ2n) is 4.94. The summed E-state index contributed by atoms with van der Waals surface area (Å²) >= 11 is 1.46. The summed E-state index contributed by atoms with van der Waals surface area (Å²) < 4.78 is 12.9. The third-order valence-electron chi connectivity index (χ3n) is 2.95. The van der Waals surface area contributed by atoms with Gasteiger partial charge < -0.3 is 15.7 Å². The lowest BCUT2D eigenvalue weighted by Crippen LogP contribution is -2.44. The van der Waals surface area contributed by atoms with Gasteiger partial charge in [-0.2, -0.15) is 11.8 Å². The molecule has 3 N–H and O–H groups in total. The molecule has 1 atom stereocenters. The first kappa shape index (κ1) is 19.7. The molecule has 0 aliphatic rings. The maximum Gasteiger partial charge on any atom is 0.326 e. The number of hydrogen-bond acceptors (Lipinski definition) is 4. The van der Waals surface area contributed by atoms with Gasteiger partial charge in [0.05, 0.1) is 0 Å². The Morgan fingerprint density at radius 1 is 1.29 bits per heavy atom. The van der Waals surface area contributed by atoms with Crippen molar-refractivity contribution in [2.75, 3.05) is 12.0 Å². The lowest BCUT2D eigenvalue weighted by molar-refractivity contribution is -0.141. The fourth-order valence-electron chi connectivity index (χ4n) is 1.80. The number of halogens is 1. The number of carboxylic acids is 1. The number of hydrogen-bond donors (Lipinski definition) is 3. The average molecular weight is 354 g/mol. The van der Waals surface area contributed by atoms with Crippen molar-refractivity contribution in [1.82, 2.24) is 10.6 Å². The molecule has 24 heavy (non-hydrogen) atoms. The number of rotatable bonds is 8. The molecule has 0 spiro atoms. The second kappa shape index (κ2) is 9.71. The zero-order valence-corrected chi connectivity index (χ0v) is 14.2. The maximum atomic E-state index is 12.9. The largest absolute Gasteiger partial charge is 0.480 e. The number of carbonyl (C=O) groups excluding carboxylic acids is 2. The van der Waals surface area contributed by atoms with Crippen LogP contribution >= 0.6 is 11.8 Å². The van der Waals surface area contributed by atoms with Crippen molar-refractivity contribution in [1.29, 1.82) is 0 Å². The van der Waals surface area contributed by atoms with Crippen LogP contribution in [0.4, 0.5) is 4.39 Å². The van der Waals surface area contributed by atoms with Crippen LogP contribution < -0.4 is 10.6 Å². The third-order valence-corrected chi connectivity index (χ3v) is 3.59. The minimum Gasteiger partial charge on any atom is -0.480 e. The van der Waals surface area contributed by atoms with Crippen LogP contribution in [0.25, 0.3) is 6.08 Å². The molecule has 1 rings (SSSR count). The molecule has 0 saturated carbocycles. The van der Waals surface area contributed by atoms with Crippen molar-refractivity contribution in [2.24, 2.45) is 0 Å². The number of thioether (sulfide) groups is 1. The number of carbonyl (C=O) groups is 3. The first-order valence-electron chi connectivity index (χ1n) is 7.11. The van der Waals surface area contributed by atoms with Crippen LogP contribution in [0.15, 0.2) is 30.0 Å². The molecule has 2 amide bonds. The SMILES string of the molecule is CSCC[C@H](NC(=O)/C(=C\c1ccc(F)cc1)NC(C)=O)C(=O)O. The molecule has 130 valence electrons. The van der Waals surface area contributed by atoms with Crippen molar-refractivity contribution < 1.29 is 23.9 Å². The zero-order chi connectivity index (χ0) is 18.1. The molecule has 0 aliphatic heterocycles.